The third-order valence-electron chi connectivity index (χ3n) is 4.51. The molecule has 0 spiro atoms. The van der Waals surface area contributed by atoms with Crippen LogP contribution in [0.2, 0.25) is 0 Å². The Labute approximate surface area is 168 Å². The molecule has 0 radical (unpaired) electrons. The molecule has 152 valence electrons. The van der Waals surface area contributed by atoms with Gasteiger partial charge in [0.2, 0.25) is 11.1 Å². The molecule has 0 saturated carbocycles. The second-order valence-corrected chi connectivity index (χ2v) is 9.65. The summed E-state index contributed by atoms with van der Waals surface area (Å²) in [4.78, 5) is 14.5. The van der Waals surface area contributed by atoms with Crippen LogP contribution in [0.4, 0.5) is 0 Å². The zero-order valence-corrected chi connectivity index (χ0v) is 17.4. The number of hydrogen-bond acceptors (Lipinski definition) is 8. The molecule has 1 fully saturated rings. The van der Waals surface area contributed by atoms with Crippen LogP contribution in [-0.2, 0) is 14.6 Å². The van der Waals surface area contributed by atoms with Crippen LogP contribution in [0.3, 0.4) is 0 Å². The Bertz CT molecular complexity index is 931. The van der Waals surface area contributed by atoms with Crippen LogP contribution in [0.5, 0.6) is 5.75 Å². The molecule has 2 heterocycles. The SMILES string of the molecule is CCCN(C(=O)CSc1nnnn1-c1ccccc1OC)[C@H]1CCS(=O)(=O)C1. The number of tetrazole rings is 1. The van der Waals surface area contributed by atoms with Crippen molar-refractivity contribution < 1.29 is 17.9 Å². The predicted molar refractivity (Wildman–Crippen MR) is 105 cm³/mol. The lowest BCUT2D eigenvalue weighted by molar-refractivity contribution is -0.130. The van der Waals surface area contributed by atoms with Gasteiger partial charge in [-0.05, 0) is 35.4 Å². The lowest BCUT2D eigenvalue weighted by atomic mass is 10.2. The molecular weight excluding hydrogens is 402 g/mol. The number of benzene rings is 1. The van der Waals surface area contributed by atoms with Gasteiger partial charge in [-0.2, -0.15) is 4.68 Å². The van der Waals surface area contributed by atoms with Gasteiger partial charge in [0.1, 0.15) is 11.4 Å². The number of rotatable bonds is 8. The molecule has 0 aliphatic carbocycles. The molecule has 1 saturated heterocycles. The average Bonchev–Trinajstić information content (AvgIpc) is 3.30. The molecule has 1 aliphatic rings. The van der Waals surface area contributed by atoms with E-state index in [0.717, 1.165) is 6.42 Å². The summed E-state index contributed by atoms with van der Waals surface area (Å²) >= 11 is 1.22. The summed E-state index contributed by atoms with van der Waals surface area (Å²) in [6.07, 6.45) is 1.27. The predicted octanol–water partition coefficient (Wildman–Crippen LogP) is 1.19. The summed E-state index contributed by atoms with van der Waals surface area (Å²) < 4.78 is 30.5. The molecule has 9 nitrogen and oxygen atoms in total. The zero-order chi connectivity index (χ0) is 20.1. The molecule has 0 N–H and O–H groups in total. The minimum atomic E-state index is -3.05. The number of methoxy groups -OCH3 is 1. The van der Waals surface area contributed by atoms with Gasteiger partial charge in [0.05, 0.1) is 24.4 Å². The van der Waals surface area contributed by atoms with E-state index in [9.17, 15) is 13.2 Å². The Kier molecular flexibility index (Phi) is 6.55. The Morgan fingerprint density at radius 3 is 2.86 bits per heavy atom. The second-order valence-electron chi connectivity index (χ2n) is 6.48. The fourth-order valence-electron chi connectivity index (χ4n) is 3.21. The highest BCUT2D eigenvalue weighted by Gasteiger charge is 2.34. The van der Waals surface area contributed by atoms with E-state index in [4.69, 9.17) is 4.74 Å². The number of carbonyl (C=O) groups excluding carboxylic acids is 1. The number of para-hydroxylation sites is 2. The van der Waals surface area contributed by atoms with Gasteiger partial charge in [0.25, 0.3) is 0 Å². The van der Waals surface area contributed by atoms with Crippen molar-refractivity contribution in [2.24, 2.45) is 0 Å². The van der Waals surface area contributed by atoms with E-state index in [1.54, 1.807) is 18.1 Å². The standard InChI is InChI=1S/C17H23N5O4S2/c1-3-9-21(13-8-10-28(24,25)12-13)16(23)11-27-17-18-19-20-22(17)14-6-4-5-7-15(14)26-2/h4-7,13H,3,8-12H2,1-2H3/t13-/m0/s1. The molecule has 1 amide bonds. The number of aromatic nitrogens is 4. The maximum Gasteiger partial charge on any atom is 0.233 e. The van der Waals surface area contributed by atoms with Crippen molar-refractivity contribution in [1.29, 1.82) is 0 Å². The number of carbonyl (C=O) groups is 1. The molecule has 28 heavy (non-hydrogen) atoms. The van der Waals surface area contributed by atoms with Gasteiger partial charge in [-0.25, -0.2) is 8.42 Å². The normalized spacial score (nSPS) is 18.1. The minimum absolute atomic E-state index is 0.0440. The van der Waals surface area contributed by atoms with Gasteiger partial charge in [-0.15, -0.1) is 5.10 Å². The summed E-state index contributed by atoms with van der Waals surface area (Å²) in [6, 6.07) is 7.08. The Balaban J connectivity index is 1.71. The first kappa shape index (κ1) is 20.6. The maximum atomic E-state index is 12.8. The summed E-state index contributed by atoms with van der Waals surface area (Å²) in [5.41, 5.74) is 0.678. The third-order valence-corrected chi connectivity index (χ3v) is 7.17. The van der Waals surface area contributed by atoms with Crippen LogP contribution in [0, 0.1) is 0 Å². The van der Waals surface area contributed by atoms with Crippen molar-refractivity contribution in [2.45, 2.75) is 31.0 Å². The second kappa shape index (κ2) is 8.91. The first-order valence-electron chi connectivity index (χ1n) is 8.99. The van der Waals surface area contributed by atoms with Crippen molar-refractivity contribution in [3.8, 4) is 11.4 Å². The highest BCUT2D eigenvalue weighted by Crippen LogP contribution is 2.26. The molecule has 11 heteroatoms. The molecular formula is C17H23N5O4S2. The van der Waals surface area contributed by atoms with E-state index < -0.39 is 9.84 Å². The quantitative estimate of drug-likeness (QED) is 0.581. The summed E-state index contributed by atoms with van der Waals surface area (Å²) in [5.74, 6) is 0.828. The Morgan fingerprint density at radius 1 is 1.39 bits per heavy atom. The van der Waals surface area contributed by atoms with Crippen LogP contribution in [0.15, 0.2) is 29.4 Å². The van der Waals surface area contributed by atoms with E-state index in [1.807, 2.05) is 25.1 Å². The lowest BCUT2D eigenvalue weighted by Crippen LogP contribution is -2.42. The van der Waals surface area contributed by atoms with Gasteiger partial charge in [0.15, 0.2) is 9.84 Å². The number of thioether (sulfide) groups is 1. The molecule has 0 bridgehead atoms. The fraction of sp³-hybridized carbons (Fsp3) is 0.529. The molecule has 1 atom stereocenters. The number of ether oxygens (including phenoxy) is 1. The number of hydrogen-bond donors (Lipinski definition) is 0. The number of amides is 1. The van der Waals surface area contributed by atoms with Crippen molar-refractivity contribution in [3.05, 3.63) is 24.3 Å². The highest BCUT2D eigenvalue weighted by molar-refractivity contribution is 7.99. The molecule has 2 aromatic rings. The van der Waals surface area contributed by atoms with E-state index in [1.165, 1.54) is 16.4 Å². The molecule has 0 unspecified atom stereocenters. The highest BCUT2D eigenvalue weighted by atomic mass is 32.2. The maximum absolute atomic E-state index is 12.8. The van der Waals surface area contributed by atoms with Crippen LogP contribution >= 0.6 is 11.8 Å². The van der Waals surface area contributed by atoms with Gasteiger partial charge < -0.3 is 9.64 Å². The zero-order valence-electron chi connectivity index (χ0n) is 15.8. The summed E-state index contributed by atoms with van der Waals surface area (Å²) in [5, 5.41) is 12.2. The molecule has 1 aliphatic heterocycles. The van der Waals surface area contributed by atoms with Crippen LogP contribution in [0.1, 0.15) is 19.8 Å². The van der Waals surface area contributed by atoms with Crippen LogP contribution < -0.4 is 4.74 Å². The molecule has 1 aromatic heterocycles. The van der Waals surface area contributed by atoms with Crippen molar-refractivity contribution in [2.75, 3.05) is 30.9 Å². The smallest absolute Gasteiger partial charge is 0.233 e. The van der Waals surface area contributed by atoms with Crippen molar-refractivity contribution in [3.63, 3.8) is 0 Å². The number of sulfone groups is 1. The van der Waals surface area contributed by atoms with Crippen molar-refractivity contribution in [1.82, 2.24) is 25.1 Å². The molecule has 1 aromatic carbocycles. The largest absolute Gasteiger partial charge is 0.494 e. The number of nitrogens with zero attached hydrogens (tertiary/aromatic N) is 5. The minimum Gasteiger partial charge on any atom is -0.494 e. The van der Waals surface area contributed by atoms with E-state index in [2.05, 4.69) is 15.5 Å². The Morgan fingerprint density at radius 2 is 2.18 bits per heavy atom. The van der Waals surface area contributed by atoms with E-state index >= 15 is 0 Å². The van der Waals surface area contributed by atoms with Gasteiger partial charge >= 0.3 is 0 Å². The average molecular weight is 426 g/mol. The van der Waals surface area contributed by atoms with Crippen LogP contribution in [-0.4, -0.2) is 76.4 Å². The van der Waals surface area contributed by atoms with E-state index in [0.29, 0.717) is 29.6 Å². The first-order chi connectivity index (χ1) is 13.4. The summed E-state index contributed by atoms with van der Waals surface area (Å²) in [6.45, 7) is 2.51. The van der Waals surface area contributed by atoms with E-state index in [-0.39, 0.29) is 29.2 Å². The van der Waals surface area contributed by atoms with Gasteiger partial charge in [0, 0.05) is 12.6 Å². The summed E-state index contributed by atoms with van der Waals surface area (Å²) in [7, 11) is -1.48. The third kappa shape index (κ3) is 4.64. The van der Waals surface area contributed by atoms with Gasteiger partial charge in [-0.3, -0.25) is 4.79 Å². The van der Waals surface area contributed by atoms with Crippen LogP contribution in [0.25, 0.3) is 5.69 Å². The Hall–Kier alpha value is -2.14. The fourth-order valence-corrected chi connectivity index (χ4v) is 5.71. The monoisotopic (exact) mass is 425 g/mol. The van der Waals surface area contributed by atoms with Crippen molar-refractivity contribution >= 4 is 27.5 Å². The first-order valence-corrected chi connectivity index (χ1v) is 11.8. The lowest BCUT2D eigenvalue weighted by Gasteiger charge is -2.27. The molecule has 3 rings (SSSR count). The van der Waals surface area contributed by atoms with Gasteiger partial charge in [-0.1, -0.05) is 30.8 Å². The topological polar surface area (TPSA) is 107 Å².